The first-order valence-corrected chi connectivity index (χ1v) is 12.0. The third-order valence-corrected chi connectivity index (χ3v) is 7.55. The van der Waals surface area contributed by atoms with Gasteiger partial charge in [0, 0.05) is 23.4 Å². The van der Waals surface area contributed by atoms with Crippen LogP contribution in [0.3, 0.4) is 0 Å². The van der Waals surface area contributed by atoms with Crippen LogP contribution in [0.15, 0.2) is 51.8 Å². The highest BCUT2D eigenvalue weighted by atomic mass is 32.2. The lowest BCUT2D eigenvalue weighted by molar-refractivity contribution is -0.139. The Balaban J connectivity index is 1.41. The van der Waals surface area contributed by atoms with Crippen LogP contribution < -0.4 is 4.72 Å². The number of benzene rings is 2. The van der Waals surface area contributed by atoms with E-state index >= 15 is 0 Å². The summed E-state index contributed by atoms with van der Waals surface area (Å²) in [7, 11) is -4.28. The highest BCUT2D eigenvalue weighted by molar-refractivity contribution is 7.89. The molecule has 1 aromatic heterocycles. The van der Waals surface area contributed by atoms with Gasteiger partial charge < -0.3 is 9.52 Å². The number of carboxylic acid groups (broad SMARTS) is 1. The Labute approximate surface area is 189 Å². The van der Waals surface area contributed by atoms with Gasteiger partial charge >= 0.3 is 5.97 Å². The molecular formula is C23H20N2O7S. The maximum Gasteiger partial charge on any atom is 0.323 e. The van der Waals surface area contributed by atoms with E-state index in [1.165, 1.54) is 24.3 Å². The van der Waals surface area contributed by atoms with E-state index in [-0.39, 0.29) is 16.0 Å². The molecule has 2 amide bonds. The molecule has 170 valence electrons. The molecule has 33 heavy (non-hydrogen) atoms. The van der Waals surface area contributed by atoms with Gasteiger partial charge in [-0.2, -0.15) is 4.72 Å². The van der Waals surface area contributed by atoms with Gasteiger partial charge in [-0.15, -0.1) is 0 Å². The number of imide groups is 1. The Morgan fingerprint density at radius 1 is 1.06 bits per heavy atom. The van der Waals surface area contributed by atoms with E-state index in [9.17, 15) is 27.9 Å². The largest absolute Gasteiger partial charge is 0.480 e. The fraction of sp³-hybridized carbons (Fsp3) is 0.261. The number of furan rings is 1. The molecule has 2 N–H and O–H groups in total. The molecule has 9 nitrogen and oxygen atoms in total. The van der Waals surface area contributed by atoms with Crippen molar-refractivity contribution in [1.29, 1.82) is 0 Å². The monoisotopic (exact) mass is 468 g/mol. The van der Waals surface area contributed by atoms with Crippen LogP contribution in [-0.2, 0) is 27.7 Å². The van der Waals surface area contributed by atoms with Crippen molar-refractivity contribution < 1.29 is 32.3 Å². The van der Waals surface area contributed by atoms with E-state index in [0.29, 0.717) is 5.58 Å². The van der Waals surface area contributed by atoms with Gasteiger partial charge in [-0.05, 0) is 43.5 Å². The van der Waals surface area contributed by atoms with Crippen LogP contribution in [0.25, 0.3) is 11.0 Å². The molecule has 0 saturated carbocycles. The van der Waals surface area contributed by atoms with E-state index in [0.717, 1.165) is 47.3 Å². The highest BCUT2D eigenvalue weighted by Crippen LogP contribution is 2.33. The average Bonchev–Trinajstić information content (AvgIpc) is 3.29. The number of aliphatic carboxylic acids is 1. The number of carbonyl (C=O) groups excluding carboxylic acids is 2. The molecule has 10 heteroatoms. The number of carbonyl (C=O) groups is 3. The standard InChI is InChI=1S/C23H20N2O7S/c26-21-16-6-1-2-7-17(16)22(27)25(21)12-18(23(28)29)24-33(30,31)13-9-10-15-14-5-3-4-8-19(14)32-20(15)11-13/h1-2,6-7,9-11,18,24H,3-5,8,12H2,(H,28,29). The quantitative estimate of drug-likeness (QED) is 0.530. The van der Waals surface area contributed by atoms with Gasteiger partial charge in [-0.25, -0.2) is 8.42 Å². The highest BCUT2D eigenvalue weighted by Gasteiger charge is 2.39. The second kappa shape index (κ2) is 7.82. The molecule has 0 spiro atoms. The maximum absolute atomic E-state index is 13.0. The van der Waals surface area contributed by atoms with Crippen LogP contribution >= 0.6 is 0 Å². The molecule has 0 fully saturated rings. The molecule has 1 aliphatic heterocycles. The van der Waals surface area contributed by atoms with Crippen molar-refractivity contribution in [2.45, 2.75) is 36.6 Å². The fourth-order valence-corrected chi connectivity index (χ4v) is 5.62. The minimum atomic E-state index is -4.28. The first-order chi connectivity index (χ1) is 15.8. The predicted molar refractivity (Wildman–Crippen MR) is 116 cm³/mol. The smallest absolute Gasteiger partial charge is 0.323 e. The van der Waals surface area contributed by atoms with Crippen molar-refractivity contribution in [3.8, 4) is 0 Å². The zero-order valence-corrected chi connectivity index (χ0v) is 18.2. The Hall–Kier alpha value is -3.50. The van der Waals surface area contributed by atoms with E-state index in [1.54, 1.807) is 18.2 Å². The summed E-state index contributed by atoms with van der Waals surface area (Å²) in [5.74, 6) is -1.98. The Bertz CT molecular complexity index is 1390. The maximum atomic E-state index is 13.0. The predicted octanol–water partition coefficient (Wildman–Crippen LogP) is 2.34. The summed E-state index contributed by atoms with van der Waals surface area (Å²) in [4.78, 5) is 37.6. The normalized spacial score (nSPS) is 16.7. The van der Waals surface area contributed by atoms with Gasteiger partial charge in [0.2, 0.25) is 10.0 Å². The molecule has 2 heterocycles. The van der Waals surface area contributed by atoms with E-state index in [4.69, 9.17) is 4.42 Å². The molecule has 0 radical (unpaired) electrons. The second-order valence-corrected chi connectivity index (χ2v) is 9.86. The topological polar surface area (TPSA) is 134 Å². The lowest BCUT2D eigenvalue weighted by Gasteiger charge is -2.20. The Morgan fingerprint density at radius 3 is 2.39 bits per heavy atom. The summed E-state index contributed by atoms with van der Waals surface area (Å²) in [5, 5.41) is 10.5. The number of amides is 2. The molecule has 2 aromatic carbocycles. The summed E-state index contributed by atoms with van der Waals surface area (Å²) in [5.41, 5.74) is 1.82. The molecule has 0 saturated heterocycles. The number of hydrogen-bond acceptors (Lipinski definition) is 6. The summed E-state index contributed by atoms with van der Waals surface area (Å²) < 4.78 is 33.9. The third-order valence-electron chi connectivity index (χ3n) is 6.08. The first-order valence-electron chi connectivity index (χ1n) is 10.5. The second-order valence-electron chi connectivity index (χ2n) is 8.15. The number of nitrogens with one attached hydrogen (secondary N) is 1. The van der Waals surface area contributed by atoms with Gasteiger partial charge in [-0.1, -0.05) is 12.1 Å². The van der Waals surface area contributed by atoms with Gasteiger partial charge in [0.15, 0.2) is 0 Å². The third kappa shape index (κ3) is 3.61. The zero-order chi connectivity index (χ0) is 23.3. The Morgan fingerprint density at radius 2 is 1.73 bits per heavy atom. The van der Waals surface area contributed by atoms with Crippen molar-refractivity contribution in [2.75, 3.05) is 6.54 Å². The summed E-state index contributed by atoms with van der Waals surface area (Å²) >= 11 is 0. The van der Waals surface area contributed by atoms with Crippen LogP contribution in [-0.4, -0.2) is 48.8 Å². The van der Waals surface area contributed by atoms with Gasteiger partial charge in [0.25, 0.3) is 11.8 Å². The molecule has 2 aliphatic rings. The summed E-state index contributed by atoms with van der Waals surface area (Å²) in [6.45, 7) is -0.641. The first kappa shape index (κ1) is 21.4. The number of carboxylic acids is 1. The molecule has 5 rings (SSSR count). The van der Waals surface area contributed by atoms with Crippen molar-refractivity contribution >= 4 is 38.8 Å². The molecule has 1 atom stereocenters. The van der Waals surface area contributed by atoms with Crippen molar-refractivity contribution in [3.63, 3.8) is 0 Å². The minimum Gasteiger partial charge on any atom is -0.480 e. The lowest BCUT2D eigenvalue weighted by Crippen LogP contribution is -2.49. The van der Waals surface area contributed by atoms with Gasteiger partial charge in [-0.3, -0.25) is 19.3 Å². The van der Waals surface area contributed by atoms with Crippen LogP contribution in [0.5, 0.6) is 0 Å². The zero-order valence-electron chi connectivity index (χ0n) is 17.4. The van der Waals surface area contributed by atoms with E-state index in [2.05, 4.69) is 4.72 Å². The Kier molecular flexibility index (Phi) is 5.06. The number of aryl methyl sites for hydroxylation is 2. The van der Waals surface area contributed by atoms with Crippen LogP contribution in [0, 0.1) is 0 Å². The lowest BCUT2D eigenvalue weighted by atomic mass is 9.96. The molecular weight excluding hydrogens is 448 g/mol. The summed E-state index contributed by atoms with van der Waals surface area (Å²) in [6.07, 6.45) is 3.72. The van der Waals surface area contributed by atoms with E-state index < -0.39 is 40.4 Å². The molecule has 1 unspecified atom stereocenters. The van der Waals surface area contributed by atoms with Crippen molar-refractivity contribution in [1.82, 2.24) is 9.62 Å². The molecule has 3 aromatic rings. The summed E-state index contributed by atoms with van der Waals surface area (Å²) in [6, 6.07) is 8.82. The number of fused-ring (bicyclic) bond motifs is 4. The number of nitrogens with zero attached hydrogens (tertiary/aromatic N) is 1. The van der Waals surface area contributed by atoms with Crippen molar-refractivity contribution in [2.24, 2.45) is 0 Å². The molecule has 1 aliphatic carbocycles. The SMILES string of the molecule is O=C(O)C(CN1C(=O)c2ccccc2C1=O)NS(=O)(=O)c1ccc2c3c(oc2c1)CCCC3. The van der Waals surface area contributed by atoms with Crippen LogP contribution in [0.1, 0.15) is 44.9 Å². The van der Waals surface area contributed by atoms with E-state index in [1.807, 2.05) is 0 Å². The number of sulfonamides is 1. The molecule has 0 bridgehead atoms. The van der Waals surface area contributed by atoms with Crippen molar-refractivity contribution in [3.05, 3.63) is 64.9 Å². The van der Waals surface area contributed by atoms with Gasteiger partial charge in [0.05, 0.1) is 22.6 Å². The van der Waals surface area contributed by atoms with Gasteiger partial charge in [0.1, 0.15) is 17.4 Å². The van der Waals surface area contributed by atoms with Crippen LogP contribution in [0.2, 0.25) is 0 Å². The van der Waals surface area contributed by atoms with Crippen LogP contribution in [0.4, 0.5) is 0 Å². The number of hydrogen-bond donors (Lipinski definition) is 2. The number of rotatable bonds is 6. The minimum absolute atomic E-state index is 0.154. The average molecular weight is 468 g/mol. The fourth-order valence-electron chi connectivity index (χ4n) is 4.42.